The summed E-state index contributed by atoms with van der Waals surface area (Å²) in [5.41, 5.74) is 5.44. The van der Waals surface area contributed by atoms with Gasteiger partial charge in [-0.3, -0.25) is 4.79 Å². The minimum absolute atomic E-state index is 0.0676. The summed E-state index contributed by atoms with van der Waals surface area (Å²) in [5.74, 6) is 0.451. The highest BCUT2D eigenvalue weighted by molar-refractivity contribution is 5.87. The van der Waals surface area contributed by atoms with Crippen LogP contribution in [0.15, 0.2) is 12.7 Å². The average molecular weight is 210 g/mol. The molecule has 0 aromatic carbocycles. The monoisotopic (exact) mass is 210 g/mol. The van der Waals surface area contributed by atoms with Crippen molar-refractivity contribution in [2.75, 3.05) is 0 Å². The van der Waals surface area contributed by atoms with Gasteiger partial charge in [-0.15, -0.1) is 18.9 Å². The molecule has 0 saturated carbocycles. The molecule has 4 N–H and O–H groups in total. The zero-order valence-corrected chi connectivity index (χ0v) is 8.27. The molecule has 1 amide bonds. The van der Waals surface area contributed by atoms with Crippen molar-refractivity contribution >= 4 is 11.9 Å². The molecule has 0 aromatic heterocycles. The molecule has 0 spiro atoms. The Kier molecular flexibility index (Phi) is 5.83. The molecule has 0 radical (unpaired) electrons. The number of carboxylic acid groups (broad SMARTS) is 1. The van der Waals surface area contributed by atoms with Gasteiger partial charge < -0.3 is 16.2 Å². The number of aliphatic carboxylic acids is 1. The van der Waals surface area contributed by atoms with Crippen molar-refractivity contribution in [3.8, 4) is 12.3 Å². The fourth-order valence-electron chi connectivity index (χ4n) is 0.883. The Balaban J connectivity index is 4.29. The summed E-state index contributed by atoms with van der Waals surface area (Å²) in [6, 6.07) is -1.87. The fourth-order valence-corrected chi connectivity index (χ4v) is 0.883. The largest absolute Gasteiger partial charge is 0.480 e. The van der Waals surface area contributed by atoms with E-state index in [0.717, 1.165) is 0 Å². The minimum atomic E-state index is -1.17. The van der Waals surface area contributed by atoms with Gasteiger partial charge in [0.25, 0.3) is 0 Å². The highest BCUT2D eigenvalue weighted by atomic mass is 16.4. The van der Waals surface area contributed by atoms with E-state index >= 15 is 0 Å². The molecule has 15 heavy (non-hydrogen) atoms. The predicted octanol–water partition coefficient (Wildman–Crippen LogP) is -0.517. The summed E-state index contributed by atoms with van der Waals surface area (Å²) >= 11 is 0. The van der Waals surface area contributed by atoms with Gasteiger partial charge >= 0.3 is 5.97 Å². The van der Waals surface area contributed by atoms with E-state index in [2.05, 4.69) is 17.8 Å². The second-order valence-electron chi connectivity index (χ2n) is 2.94. The first-order valence-electron chi connectivity index (χ1n) is 4.36. The van der Waals surface area contributed by atoms with E-state index in [1.807, 2.05) is 0 Å². The molecule has 2 atom stereocenters. The predicted molar refractivity (Wildman–Crippen MR) is 55.8 cm³/mol. The van der Waals surface area contributed by atoms with E-state index in [-0.39, 0.29) is 12.8 Å². The van der Waals surface area contributed by atoms with Gasteiger partial charge in [0.15, 0.2) is 0 Å². The Bertz CT molecular complexity index is 294. The van der Waals surface area contributed by atoms with Crippen LogP contribution < -0.4 is 11.1 Å². The first-order chi connectivity index (χ1) is 7.02. The maximum atomic E-state index is 11.3. The summed E-state index contributed by atoms with van der Waals surface area (Å²) < 4.78 is 0. The minimum Gasteiger partial charge on any atom is -0.480 e. The van der Waals surface area contributed by atoms with E-state index in [1.165, 1.54) is 6.08 Å². The average Bonchev–Trinajstić information content (AvgIpc) is 2.17. The van der Waals surface area contributed by atoms with Crippen LogP contribution >= 0.6 is 0 Å². The Morgan fingerprint density at radius 2 is 2.27 bits per heavy atom. The lowest BCUT2D eigenvalue weighted by Crippen LogP contribution is -2.48. The van der Waals surface area contributed by atoms with Gasteiger partial charge in [0.05, 0.1) is 6.04 Å². The van der Waals surface area contributed by atoms with Crippen LogP contribution in [-0.2, 0) is 9.59 Å². The molecule has 0 aromatic rings. The van der Waals surface area contributed by atoms with Gasteiger partial charge in [-0.1, -0.05) is 6.08 Å². The molecular weight excluding hydrogens is 196 g/mol. The number of terminal acetylenes is 1. The highest BCUT2D eigenvalue weighted by Gasteiger charge is 2.21. The van der Waals surface area contributed by atoms with Crippen LogP contribution in [0, 0.1) is 12.3 Å². The van der Waals surface area contributed by atoms with Crippen molar-refractivity contribution in [3.05, 3.63) is 12.7 Å². The van der Waals surface area contributed by atoms with Crippen molar-refractivity contribution in [2.45, 2.75) is 24.9 Å². The van der Waals surface area contributed by atoms with E-state index in [9.17, 15) is 9.59 Å². The molecule has 0 saturated heterocycles. The zero-order chi connectivity index (χ0) is 11.8. The molecule has 0 aliphatic carbocycles. The summed E-state index contributed by atoms with van der Waals surface area (Å²) in [5, 5.41) is 10.9. The van der Waals surface area contributed by atoms with Gasteiger partial charge in [0, 0.05) is 6.42 Å². The Hall–Kier alpha value is -1.80. The van der Waals surface area contributed by atoms with Crippen LogP contribution in [0.1, 0.15) is 12.8 Å². The highest BCUT2D eigenvalue weighted by Crippen LogP contribution is 1.94. The molecule has 0 aliphatic rings. The Morgan fingerprint density at radius 3 is 2.67 bits per heavy atom. The number of amides is 1. The number of nitrogens with one attached hydrogen (secondary N) is 1. The Morgan fingerprint density at radius 1 is 1.67 bits per heavy atom. The van der Waals surface area contributed by atoms with E-state index in [1.54, 1.807) is 0 Å². The SMILES string of the molecule is C#CCC(NC(=O)C(N)CC=C)C(=O)O. The number of hydrogen-bond acceptors (Lipinski definition) is 3. The van der Waals surface area contributed by atoms with Crippen LogP contribution in [0.4, 0.5) is 0 Å². The molecule has 0 bridgehead atoms. The molecule has 0 aliphatic heterocycles. The van der Waals surface area contributed by atoms with Gasteiger partial charge in [-0.2, -0.15) is 0 Å². The number of carbonyl (C=O) groups is 2. The van der Waals surface area contributed by atoms with E-state index in [4.69, 9.17) is 17.3 Å². The number of nitrogens with two attached hydrogens (primary N) is 1. The molecule has 0 heterocycles. The third kappa shape index (κ3) is 4.84. The van der Waals surface area contributed by atoms with Gasteiger partial charge in [0.1, 0.15) is 6.04 Å². The molecule has 2 unspecified atom stereocenters. The standard InChI is InChI=1S/C10H14N2O3/c1-3-5-7(11)9(13)12-8(6-4-2)10(14)15/h2-3,7-8H,1,5-6,11H2,(H,12,13)(H,14,15). The van der Waals surface area contributed by atoms with Crippen LogP contribution in [0.3, 0.4) is 0 Å². The lowest BCUT2D eigenvalue weighted by atomic mass is 10.1. The quantitative estimate of drug-likeness (QED) is 0.406. The number of hydrogen-bond donors (Lipinski definition) is 3. The first kappa shape index (κ1) is 13.2. The summed E-state index contributed by atoms with van der Waals surface area (Å²) in [4.78, 5) is 21.9. The molecule has 0 rings (SSSR count). The van der Waals surface area contributed by atoms with Crippen molar-refractivity contribution in [3.63, 3.8) is 0 Å². The van der Waals surface area contributed by atoms with Gasteiger partial charge in [0.2, 0.25) is 5.91 Å². The first-order valence-corrected chi connectivity index (χ1v) is 4.36. The maximum absolute atomic E-state index is 11.3. The third-order valence-electron chi connectivity index (χ3n) is 1.69. The van der Waals surface area contributed by atoms with Crippen molar-refractivity contribution < 1.29 is 14.7 Å². The number of carboxylic acids is 1. The van der Waals surface area contributed by atoms with Crippen LogP contribution in [0.2, 0.25) is 0 Å². The lowest BCUT2D eigenvalue weighted by Gasteiger charge is -2.14. The maximum Gasteiger partial charge on any atom is 0.327 e. The molecule has 5 heteroatoms. The van der Waals surface area contributed by atoms with Crippen molar-refractivity contribution in [1.29, 1.82) is 0 Å². The molecular formula is C10H14N2O3. The van der Waals surface area contributed by atoms with Gasteiger partial charge in [-0.05, 0) is 6.42 Å². The topological polar surface area (TPSA) is 92.4 Å². The van der Waals surface area contributed by atoms with E-state index in [0.29, 0.717) is 0 Å². The third-order valence-corrected chi connectivity index (χ3v) is 1.69. The number of rotatable bonds is 6. The molecule has 5 nitrogen and oxygen atoms in total. The Labute approximate surface area is 88.3 Å². The second-order valence-corrected chi connectivity index (χ2v) is 2.94. The molecule has 82 valence electrons. The van der Waals surface area contributed by atoms with Crippen LogP contribution in [0.25, 0.3) is 0 Å². The van der Waals surface area contributed by atoms with E-state index < -0.39 is 24.0 Å². The summed E-state index contributed by atoms with van der Waals surface area (Å²) in [6.45, 7) is 3.42. The lowest BCUT2D eigenvalue weighted by molar-refractivity contribution is -0.141. The smallest absolute Gasteiger partial charge is 0.327 e. The summed E-state index contributed by atoms with van der Waals surface area (Å²) in [7, 11) is 0. The normalized spacial score (nSPS) is 13.3. The van der Waals surface area contributed by atoms with Crippen LogP contribution in [0.5, 0.6) is 0 Å². The fraction of sp³-hybridized carbons (Fsp3) is 0.400. The summed E-state index contributed by atoms with van der Waals surface area (Å²) in [6.07, 6.45) is 6.67. The van der Waals surface area contributed by atoms with Crippen molar-refractivity contribution in [2.24, 2.45) is 5.73 Å². The second kappa shape index (κ2) is 6.62. The molecule has 0 fully saturated rings. The van der Waals surface area contributed by atoms with Crippen LogP contribution in [-0.4, -0.2) is 29.1 Å². The van der Waals surface area contributed by atoms with Gasteiger partial charge in [-0.25, -0.2) is 4.79 Å². The number of carbonyl (C=O) groups excluding carboxylic acids is 1. The zero-order valence-electron chi connectivity index (χ0n) is 8.27. The van der Waals surface area contributed by atoms with Crippen molar-refractivity contribution in [1.82, 2.24) is 5.32 Å².